The van der Waals surface area contributed by atoms with Crippen molar-refractivity contribution in [2.75, 3.05) is 13.7 Å². The first-order chi connectivity index (χ1) is 10.3. The van der Waals surface area contributed by atoms with Crippen LogP contribution in [-0.2, 0) is 22.6 Å². The van der Waals surface area contributed by atoms with E-state index in [1.165, 1.54) is 0 Å². The number of methoxy groups -OCH3 is 1. The maximum Gasteiger partial charge on any atom is 0.125 e. The molecular formula is C18H20O3. The van der Waals surface area contributed by atoms with Gasteiger partial charge in [-0.15, -0.1) is 0 Å². The SMILES string of the molecule is COc1ccc(COCC(C=O)Cc2ccccc2)cc1. The summed E-state index contributed by atoms with van der Waals surface area (Å²) >= 11 is 0. The quantitative estimate of drug-likeness (QED) is 0.698. The zero-order valence-electron chi connectivity index (χ0n) is 12.2. The van der Waals surface area contributed by atoms with E-state index >= 15 is 0 Å². The number of ether oxygens (including phenoxy) is 2. The van der Waals surface area contributed by atoms with Crippen LogP contribution in [0.5, 0.6) is 5.75 Å². The Morgan fingerprint density at radius 2 is 1.71 bits per heavy atom. The number of rotatable bonds is 8. The summed E-state index contributed by atoms with van der Waals surface area (Å²) in [4.78, 5) is 11.1. The van der Waals surface area contributed by atoms with E-state index in [2.05, 4.69) is 0 Å². The second kappa shape index (κ2) is 8.22. The van der Waals surface area contributed by atoms with Gasteiger partial charge in [0, 0.05) is 5.92 Å². The minimum absolute atomic E-state index is 0.106. The highest BCUT2D eigenvalue weighted by atomic mass is 16.5. The maximum atomic E-state index is 11.1. The molecule has 3 heteroatoms. The summed E-state index contributed by atoms with van der Waals surface area (Å²) in [5.41, 5.74) is 2.22. The summed E-state index contributed by atoms with van der Waals surface area (Å²) in [7, 11) is 1.64. The van der Waals surface area contributed by atoms with Gasteiger partial charge in [0.2, 0.25) is 0 Å². The van der Waals surface area contributed by atoms with Gasteiger partial charge >= 0.3 is 0 Å². The molecule has 21 heavy (non-hydrogen) atoms. The first kappa shape index (κ1) is 15.3. The predicted octanol–water partition coefficient (Wildman–Crippen LogP) is 3.27. The van der Waals surface area contributed by atoms with Crippen molar-refractivity contribution < 1.29 is 14.3 Å². The van der Waals surface area contributed by atoms with Crippen molar-refractivity contribution in [3.05, 3.63) is 65.7 Å². The van der Waals surface area contributed by atoms with Crippen LogP contribution in [0.2, 0.25) is 0 Å². The van der Waals surface area contributed by atoms with E-state index in [9.17, 15) is 4.79 Å². The summed E-state index contributed by atoms with van der Waals surface area (Å²) in [5, 5.41) is 0. The minimum atomic E-state index is -0.106. The fourth-order valence-corrected chi connectivity index (χ4v) is 2.11. The summed E-state index contributed by atoms with van der Waals surface area (Å²) in [6.07, 6.45) is 1.69. The molecule has 0 saturated carbocycles. The van der Waals surface area contributed by atoms with Gasteiger partial charge in [-0.25, -0.2) is 0 Å². The summed E-state index contributed by atoms with van der Waals surface area (Å²) in [6, 6.07) is 17.7. The molecule has 110 valence electrons. The Morgan fingerprint density at radius 3 is 2.33 bits per heavy atom. The van der Waals surface area contributed by atoms with Crippen molar-refractivity contribution >= 4 is 6.29 Å². The third-order valence-electron chi connectivity index (χ3n) is 3.29. The van der Waals surface area contributed by atoms with Crippen molar-refractivity contribution in [3.63, 3.8) is 0 Å². The van der Waals surface area contributed by atoms with E-state index in [0.29, 0.717) is 19.6 Å². The Labute approximate surface area is 125 Å². The van der Waals surface area contributed by atoms with Gasteiger partial charge in [0.05, 0.1) is 20.3 Å². The Morgan fingerprint density at radius 1 is 1.00 bits per heavy atom. The van der Waals surface area contributed by atoms with Gasteiger partial charge in [0.15, 0.2) is 0 Å². The van der Waals surface area contributed by atoms with Gasteiger partial charge in [-0.1, -0.05) is 42.5 Å². The number of aldehydes is 1. The zero-order chi connectivity index (χ0) is 14.9. The Balaban J connectivity index is 1.78. The maximum absolute atomic E-state index is 11.1. The molecular weight excluding hydrogens is 264 g/mol. The highest BCUT2D eigenvalue weighted by molar-refractivity contribution is 5.54. The monoisotopic (exact) mass is 284 g/mol. The van der Waals surface area contributed by atoms with Gasteiger partial charge in [-0.2, -0.15) is 0 Å². The molecule has 2 aromatic carbocycles. The van der Waals surface area contributed by atoms with Gasteiger partial charge in [-0.05, 0) is 29.7 Å². The van der Waals surface area contributed by atoms with Crippen LogP contribution >= 0.6 is 0 Å². The van der Waals surface area contributed by atoms with Crippen LogP contribution in [0.15, 0.2) is 54.6 Å². The average molecular weight is 284 g/mol. The van der Waals surface area contributed by atoms with E-state index < -0.39 is 0 Å². The third-order valence-corrected chi connectivity index (χ3v) is 3.29. The molecule has 0 bridgehead atoms. The van der Waals surface area contributed by atoms with Crippen LogP contribution in [0.25, 0.3) is 0 Å². The molecule has 0 aromatic heterocycles. The molecule has 0 aliphatic heterocycles. The minimum Gasteiger partial charge on any atom is -0.497 e. The van der Waals surface area contributed by atoms with Crippen LogP contribution in [0.3, 0.4) is 0 Å². The molecule has 2 rings (SSSR count). The number of hydrogen-bond acceptors (Lipinski definition) is 3. The molecule has 1 atom stereocenters. The van der Waals surface area contributed by atoms with Crippen LogP contribution in [-0.4, -0.2) is 20.0 Å². The lowest BCUT2D eigenvalue weighted by Crippen LogP contribution is -2.14. The number of benzene rings is 2. The summed E-state index contributed by atoms with van der Waals surface area (Å²) < 4.78 is 10.8. The molecule has 0 heterocycles. The van der Waals surface area contributed by atoms with E-state index in [4.69, 9.17) is 9.47 Å². The Kier molecular flexibility index (Phi) is 5.98. The van der Waals surface area contributed by atoms with Crippen molar-refractivity contribution in [2.45, 2.75) is 13.0 Å². The number of carbonyl (C=O) groups excluding carboxylic acids is 1. The zero-order valence-corrected chi connectivity index (χ0v) is 12.2. The summed E-state index contributed by atoms with van der Waals surface area (Å²) in [6.45, 7) is 0.938. The molecule has 0 spiro atoms. The van der Waals surface area contributed by atoms with Crippen LogP contribution in [0.4, 0.5) is 0 Å². The third kappa shape index (κ3) is 5.04. The largest absolute Gasteiger partial charge is 0.497 e. The summed E-state index contributed by atoms with van der Waals surface area (Å²) in [5.74, 6) is 0.722. The highest BCUT2D eigenvalue weighted by Gasteiger charge is 2.08. The van der Waals surface area contributed by atoms with Crippen molar-refractivity contribution in [2.24, 2.45) is 5.92 Å². The smallest absolute Gasteiger partial charge is 0.125 e. The number of carbonyl (C=O) groups is 1. The van der Waals surface area contributed by atoms with Gasteiger partial charge in [0.1, 0.15) is 12.0 Å². The lowest BCUT2D eigenvalue weighted by molar-refractivity contribution is -0.113. The van der Waals surface area contributed by atoms with Crippen molar-refractivity contribution in [1.82, 2.24) is 0 Å². The van der Waals surface area contributed by atoms with E-state index in [1.54, 1.807) is 7.11 Å². The van der Waals surface area contributed by atoms with Crippen LogP contribution < -0.4 is 4.74 Å². The van der Waals surface area contributed by atoms with E-state index in [0.717, 1.165) is 23.2 Å². The van der Waals surface area contributed by atoms with Gasteiger partial charge in [0.25, 0.3) is 0 Å². The molecule has 0 radical (unpaired) electrons. The fraction of sp³-hybridized carbons (Fsp3) is 0.278. The second-order valence-corrected chi connectivity index (χ2v) is 4.95. The van der Waals surface area contributed by atoms with Crippen LogP contribution in [0, 0.1) is 5.92 Å². The molecule has 0 aliphatic rings. The molecule has 2 aromatic rings. The lowest BCUT2D eigenvalue weighted by atomic mass is 10.0. The highest BCUT2D eigenvalue weighted by Crippen LogP contribution is 2.13. The molecule has 1 unspecified atom stereocenters. The first-order valence-electron chi connectivity index (χ1n) is 7.01. The van der Waals surface area contributed by atoms with E-state index in [1.807, 2.05) is 54.6 Å². The lowest BCUT2D eigenvalue weighted by Gasteiger charge is -2.11. The standard InChI is InChI=1S/C18H20O3/c1-20-18-9-7-16(8-10-18)13-21-14-17(12-19)11-15-5-3-2-4-6-15/h2-10,12,17H,11,13-14H2,1H3. The topological polar surface area (TPSA) is 35.5 Å². The number of hydrogen-bond donors (Lipinski definition) is 0. The molecule has 3 nitrogen and oxygen atoms in total. The Hall–Kier alpha value is -2.13. The van der Waals surface area contributed by atoms with Gasteiger partial charge < -0.3 is 14.3 Å². The first-order valence-corrected chi connectivity index (χ1v) is 7.01. The van der Waals surface area contributed by atoms with Crippen molar-refractivity contribution in [3.8, 4) is 5.75 Å². The molecule has 0 amide bonds. The second-order valence-electron chi connectivity index (χ2n) is 4.95. The van der Waals surface area contributed by atoms with Crippen LogP contribution in [0.1, 0.15) is 11.1 Å². The van der Waals surface area contributed by atoms with E-state index in [-0.39, 0.29) is 5.92 Å². The predicted molar refractivity (Wildman–Crippen MR) is 82.4 cm³/mol. The normalized spacial score (nSPS) is 11.9. The molecule has 0 saturated heterocycles. The average Bonchev–Trinajstić information content (AvgIpc) is 2.55. The Bertz CT molecular complexity index is 534. The molecule has 0 N–H and O–H groups in total. The van der Waals surface area contributed by atoms with Gasteiger partial charge in [-0.3, -0.25) is 0 Å². The fourth-order valence-electron chi connectivity index (χ4n) is 2.11. The molecule has 0 aliphatic carbocycles. The molecule has 0 fully saturated rings. The van der Waals surface area contributed by atoms with Crippen molar-refractivity contribution in [1.29, 1.82) is 0 Å².